The van der Waals surface area contributed by atoms with Gasteiger partial charge in [0.25, 0.3) is 0 Å². The van der Waals surface area contributed by atoms with Gasteiger partial charge in [-0.3, -0.25) is 24.1 Å². The van der Waals surface area contributed by atoms with Gasteiger partial charge in [-0.1, -0.05) is 0 Å². The van der Waals surface area contributed by atoms with Crippen LogP contribution in [-0.4, -0.2) is 85.2 Å². The van der Waals surface area contributed by atoms with Crippen molar-refractivity contribution >= 4 is 35.2 Å². The molecule has 0 aromatic heterocycles. The van der Waals surface area contributed by atoms with E-state index in [1.54, 1.807) is 4.90 Å². The van der Waals surface area contributed by atoms with Gasteiger partial charge in [-0.2, -0.15) is 0 Å². The van der Waals surface area contributed by atoms with Gasteiger partial charge in [0.15, 0.2) is 0 Å². The molecule has 10 heteroatoms. The molecule has 0 aromatic carbocycles. The summed E-state index contributed by atoms with van der Waals surface area (Å²) in [6.45, 7) is 4.66. The highest BCUT2D eigenvalue weighted by Gasteiger charge is 2.20. The lowest BCUT2D eigenvalue weighted by atomic mass is 10.3. The molecule has 0 radical (unpaired) electrons. The number of piperazine rings is 1. The van der Waals surface area contributed by atoms with Crippen molar-refractivity contribution in [2.75, 3.05) is 51.8 Å². The lowest BCUT2D eigenvalue weighted by Gasteiger charge is -2.34. The van der Waals surface area contributed by atoms with Crippen LogP contribution >= 0.6 is 11.6 Å². The van der Waals surface area contributed by atoms with Gasteiger partial charge in [0.2, 0.25) is 23.6 Å². The minimum Gasteiger partial charge on any atom is -0.356 e. The van der Waals surface area contributed by atoms with Crippen LogP contribution in [0.4, 0.5) is 0 Å². The molecule has 0 bridgehead atoms. The summed E-state index contributed by atoms with van der Waals surface area (Å²) in [5, 5.41) is 7.87. The fraction of sp³-hybridized carbons (Fsp3) is 0.733. The second-order valence-electron chi connectivity index (χ2n) is 5.75. The molecule has 4 amide bonds. The number of carbonyl (C=O) groups is 4. The van der Waals surface area contributed by atoms with Crippen LogP contribution in [0.2, 0.25) is 0 Å². The van der Waals surface area contributed by atoms with E-state index in [1.165, 1.54) is 6.92 Å². The number of alkyl halides is 1. The van der Waals surface area contributed by atoms with Crippen molar-refractivity contribution in [3.05, 3.63) is 0 Å². The molecule has 1 heterocycles. The first-order chi connectivity index (χ1) is 11.9. The van der Waals surface area contributed by atoms with E-state index in [-0.39, 0.29) is 42.5 Å². The molecule has 0 atom stereocenters. The maximum Gasteiger partial charge on any atom is 0.240 e. The third kappa shape index (κ3) is 9.25. The van der Waals surface area contributed by atoms with Crippen molar-refractivity contribution in [3.8, 4) is 0 Å². The fourth-order valence-corrected chi connectivity index (χ4v) is 2.45. The maximum atomic E-state index is 11.7. The van der Waals surface area contributed by atoms with E-state index in [0.29, 0.717) is 45.8 Å². The van der Waals surface area contributed by atoms with Crippen LogP contribution in [0.15, 0.2) is 0 Å². The molecule has 142 valence electrons. The van der Waals surface area contributed by atoms with E-state index in [0.717, 1.165) is 0 Å². The summed E-state index contributed by atoms with van der Waals surface area (Å²) in [6.07, 6.45) is 0.780. The number of hydrogen-bond donors (Lipinski definition) is 3. The Hall–Kier alpha value is -1.87. The number of nitrogens with zero attached hydrogens (tertiary/aromatic N) is 2. The highest BCUT2D eigenvalue weighted by atomic mass is 35.5. The van der Waals surface area contributed by atoms with Crippen molar-refractivity contribution in [2.45, 2.75) is 19.8 Å². The average Bonchev–Trinajstić information content (AvgIpc) is 2.61. The normalized spacial score (nSPS) is 14.7. The zero-order valence-electron chi connectivity index (χ0n) is 14.5. The molecule has 0 saturated carbocycles. The third-order valence-corrected chi connectivity index (χ3v) is 3.97. The van der Waals surface area contributed by atoms with Gasteiger partial charge >= 0.3 is 0 Å². The molecule has 0 unspecified atom stereocenters. The molecule has 0 spiro atoms. The molecule has 1 rings (SSSR count). The van der Waals surface area contributed by atoms with Gasteiger partial charge in [0.1, 0.15) is 5.88 Å². The van der Waals surface area contributed by atoms with E-state index in [9.17, 15) is 19.2 Å². The van der Waals surface area contributed by atoms with Crippen molar-refractivity contribution < 1.29 is 19.2 Å². The number of amides is 4. The van der Waals surface area contributed by atoms with Gasteiger partial charge < -0.3 is 20.9 Å². The first-order valence-corrected chi connectivity index (χ1v) is 8.79. The predicted octanol–water partition coefficient (Wildman–Crippen LogP) is -1.52. The first-order valence-electron chi connectivity index (χ1n) is 8.26. The number of carbonyl (C=O) groups excluding carboxylic acids is 4. The lowest BCUT2D eigenvalue weighted by molar-refractivity contribution is -0.130. The molecule has 0 aromatic rings. The molecule has 1 saturated heterocycles. The Balaban J connectivity index is 2.08. The summed E-state index contributed by atoms with van der Waals surface area (Å²) in [4.78, 5) is 49.2. The monoisotopic (exact) mass is 375 g/mol. The summed E-state index contributed by atoms with van der Waals surface area (Å²) in [5.41, 5.74) is 0. The molecular formula is C15H26ClN5O4. The topological polar surface area (TPSA) is 111 Å². The second kappa shape index (κ2) is 11.6. The standard InChI is InChI=1S/C15H26ClN5O4/c1-12(22)17-4-2-3-13(23)18-10-14(24)19-11-20-5-7-21(8-6-20)15(25)9-16/h2-11H2,1H3,(H,17,22)(H,18,23)(H,19,24). The van der Waals surface area contributed by atoms with E-state index < -0.39 is 0 Å². The second-order valence-corrected chi connectivity index (χ2v) is 6.02. The number of rotatable bonds is 9. The largest absolute Gasteiger partial charge is 0.356 e. The smallest absolute Gasteiger partial charge is 0.240 e. The van der Waals surface area contributed by atoms with Gasteiger partial charge in [0, 0.05) is 46.1 Å². The SMILES string of the molecule is CC(=O)NCCCC(=O)NCC(=O)NCN1CCN(C(=O)CCl)CC1. The maximum absolute atomic E-state index is 11.7. The van der Waals surface area contributed by atoms with Crippen molar-refractivity contribution in [1.29, 1.82) is 0 Å². The van der Waals surface area contributed by atoms with E-state index in [1.807, 2.05) is 4.90 Å². The van der Waals surface area contributed by atoms with Crippen molar-refractivity contribution in [1.82, 2.24) is 25.8 Å². The van der Waals surface area contributed by atoms with E-state index >= 15 is 0 Å². The Kier molecular flexibility index (Phi) is 9.86. The number of halogens is 1. The van der Waals surface area contributed by atoms with E-state index in [2.05, 4.69) is 16.0 Å². The highest BCUT2D eigenvalue weighted by molar-refractivity contribution is 6.27. The zero-order chi connectivity index (χ0) is 18.7. The van der Waals surface area contributed by atoms with Crippen LogP contribution in [0, 0.1) is 0 Å². The van der Waals surface area contributed by atoms with Crippen molar-refractivity contribution in [3.63, 3.8) is 0 Å². The Bertz CT molecular complexity index is 481. The molecule has 9 nitrogen and oxygen atoms in total. The summed E-state index contributed by atoms with van der Waals surface area (Å²) in [7, 11) is 0. The molecule has 0 aliphatic carbocycles. The number of hydrogen-bond acceptors (Lipinski definition) is 5. The van der Waals surface area contributed by atoms with Gasteiger partial charge in [0.05, 0.1) is 13.2 Å². The van der Waals surface area contributed by atoms with Gasteiger partial charge in [-0.15, -0.1) is 11.6 Å². The Morgan fingerprint density at radius 2 is 1.64 bits per heavy atom. The molecular weight excluding hydrogens is 350 g/mol. The predicted molar refractivity (Wildman–Crippen MR) is 92.8 cm³/mol. The molecule has 1 aliphatic heterocycles. The number of nitrogens with one attached hydrogen (secondary N) is 3. The van der Waals surface area contributed by atoms with E-state index in [4.69, 9.17) is 11.6 Å². The lowest BCUT2D eigenvalue weighted by Crippen LogP contribution is -2.52. The summed E-state index contributed by atoms with van der Waals surface area (Å²) < 4.78 is 0. The summed E-state index contributed by atoms with van der Waals surface area (Å²) in [6, 6.07) is 0. The van der Waals surface area contributed by atoms with Gasteiger partial charge in [-0.05, 0) is 6.42 Å². The summed E-state index contributed by atoms with van der Waals surface area (Å²) in [5.74, 6) is -0.719. The van der Waals surface area contributed by atoms with Crippen molar-refractivity contribution in [2.24, 2.45) is 0 Å². The van der Waals surface area contributed by atoms with Gasteiger partial charge in [-0.25, -0.2) is 0 Å². The van der Waals surface area contributed by atoms with Crippen LogP contribution < -0.4 is 16.0 Å². The quantitative estimate of drug-likeness (QED) is 0.335. The Labute approximate surface area is 152 Å². The zero-order valence-corrected chi connectivity index (χ0v) is 15.2. The van der Waals surface area contributed by atoms with Crippen LogP contribution in [0.1, 0.15) is 19.8 Å². The minimum atomic E-state index is -0.269. The summed E-state index contributed by atoms with van der Waals surface area (Å²) >= 11 is 5.52. The highest BCUT2D eigenvalue weighted by Crippen LogP contribution is 2.01. The van der Waals surface area contributed by atoms with Crippen LogP contribution in [-0.2, 0) is 19.2 Å². The van der Waals surface area contributed by atoms with Crippen LogP contribution in [0.25, 0.3) is 0 Å². The third-order valence-electron chi connectivity index (χ3n) is 3.74. The first kappa shape index (κ1) is 21.2. The Morgan fingerprint density at radius 1 is 0.960 bits per heavy atom. The van der Waals surface area contributed by atoms with Crippen LogP contribution in [0.5, 0.6) is 0 Å². The Morgan fingerprint density at radius 3 is 2.24 bits per heavy atom. The van der Waals surface area contributed by atoms with Crippen LogP contribution in [0.3, 0.4) is 0 Å². The molecule has 3 N–H and O–H groups in total. The minimum absolute atomic E-state index is 0.0127. The molecule has 25 heavy (non-hydrogen) atoms. The average molecular weight is 376 g/mol. The fourth-order valence-electron chi connectivity index (χ4n) is 2.28. The molecule has 1 fully saturated rings. The molecule has 1 aliphatic rings.